The molecule has 1 amide bonds. The Morgan fingerprint density at radius 3 is 2.96 bits per heavy atom. The first kappa shape index (κ1) is 17.1. The summed E-state index contributed by atoms with van der Waals surface area (Å²) in [6.45, 7) is 4.49. The number of thiazole rings is 1. The van der Waals surface area contributed by atoms with Crippen LogP contribution >= 0.6 is 11.3 Å². The summed E-state index contributed by atoms with van der Waals surface area (Å²) in [5, 5.41) is 5.36. The van der Waals surface area contributed by atoms with E-state index in [1.807, 2.05) is 55.6 Å². The Hall–Kier alpha value is -2.73. The van der Waals surface area contributed by atoms with Crippen LogP contribution in [0.25, 0.3) is 11.3 Å². The molecule has 2 aromatic heterocycles. The fraction of sp³-hybridized carbons (Fsp3) is 0.211. The number of benzene rings is 1. The molecule has 0 bridgehead atoms. The minimum Gasteiger partial charge on any atom is -0.478 e. The largest absolute Gasteiger partial charge is 0.478 e. The molecule has 128 valence electrons. The van der Waals surface area contributed by atoms with Crippen LogP contribution in [0.3, 0.4) is 0 Å². The third-order valence-electron chi connectivity index (χ3n) is 3.52. The molecule has 3 rings (SSSR count). The predicted octanol–water partition coefficient (Wildman–Crippen LogP) is 4.09. The molecular formula is C19H19N3O2S. The van der Waals surface area contributed by atoms with Gasteiger partial charge in [-0.25, -0.2) is 9.97 Å². The van der Waals surface area contributed by atoms with Crippen LogP contribution in [0.2, 0.25) is 0 Å². The maximum Gasteiger partial charge on any atom is 0.230 e. The van der Waals surface area contributed by atoms with E-state index in [0.29, 0.717) is 24.0 Å². The minimum atomic E-state index is -0.0729. The Bertz CT molecular complexity index is 876. The van der Waals surface area contributed by atoms with Crippen molar-refractivity contribution in [2.75, 3.05) is 11.9 Å². The van der Waals surface area contributed by atoms with Crippen molar-refractivity contribution in [1.82, 2.24) is 9.97 Å². The highest BCUT2D eigenvalue weighted by atomic mass is 32.1. The van der Waals surface area contributed by atoms with E-state index >= 15 is 0 Å². The zero-order valence-corrected chi connectivity index (χ0v) is 15.0. The number of hydrogen-bond donors (Lipinski definition) is 1. The monoisotopic (exact) mass is 353 g/mol. The standard InChI is InChI=1S/C19H19N3O2S/c1-3-24-18-11-15(7-8-20-18)16-12-25-19(21-16)22-17(23)10-14-6-4-5-13(2)9-14/h4-9,11-12H,3,10H2,1-2H3,(H,21,22,23). The molecule has 2 heterocycles. The molecular weight excluding hydrogens is 334 g/mol. The lowest BCUT2D eigenvalue weighted by Gasteiger charge is -2.04. The third-order valence-corrected chi connectivity index (χ3v) is 4.28. The van der Waals surface area contributed by atoms with Crippen molar-refractivity contribution in [3.05, 3.63) is 59.1 Å². The Kier molecular flexibility index (Phi) is 5.40. The summed E-state index contributed by atoms with van der Waals surface area (Å²) >= 11 is 1.40. The van der Waals surface area contributed by atoms with Gasteiger partial charge in [0.25, 0.3) is 0 Å². The van der Waals surface area contributed by atoms with Gasteiger partial charge in [0.2, 0.25) is 11.8 Å². The van der Waals surface area contributed by atoms with Gasteiger partial charge < -0.3 is 10.1 Å². The van der Waals surface area contributed by atoms with Gasteiger partial charge >= 0.3 is 0 Å². The van der Waals surface area contributed by atoms with Crippen molar-refractivity contribution in [1.29, 1.82) is 0 Å². The Labute approximate surface area is 150 Å². The molecule has 0 fully saturated rings. The van der Waals surface area contributed by atoms with Gasteiger partial charge in [-0.1, -0.05) is 29.8 Å². The second-order valence-corrected chi connectivity index (χ2v) is 6.43. The van der Waals surface area contributed by atoms with Crippen molar-refractivity contribution in [2.24, 2.45) is 0 Å². The predicted molar refractivity (Wildman–Crippen MR) is 100 cm³/mol. The van der Waals surface area contributed by atoms with Crippen molar-refractivity contribution < 1.29 is 9.53 Å². The lowest BCUT2D eigenvalue weighted by atomic mass is 10.1. The van der Waals surface area contributed by atoms with E-state index in [1.54, 1.807) is 6.20 Å². The first-order valence-corrected chi connectivity index (χ1v) is 8.92. The first-order valence-electron chi connectivity index (χ1n) is 8.04. The molecule has 0 aliphatic heterocycles. The van der Waals surface area contributed by atoms with Gasteiger partial charge in [-0.3, -0.25) is 4.79 Å². The number of hydrogen-bond acceptors (Lipinski definition) is 5. The molecule has 0 saturated carbocycles. The number of aromatic nitrogens is 2. The van der Waals surface area contributed by atoms with Gasteiger partial charge in [-0.2, -0.15) is 0 Å². The lowest BCUT2D eigenvalue weighted by molar-refractivity contribution is -0.115. The summed E-state index contributed by atoms with van der Waals surface area (Å²) in [4.78, 5) is 20.8. The van der Waals surface area contributed by atoms with Crippen molar-refractivity contribution in [3.8, 4) is 17.1 Å². The third kappa shape index (κ3) is 4.64. The van der Waals surface area contributed by atoms with Gasteiger partial charge in [-0.15, -0.1) is 11.3 Å². The van der Waals surface area contributed by atoms with Crippen LogP contribution < -0.4 is 10.1 Å². The molecule has 0 radical (unpaired) electrons. The highest BCUT2D eigenvalue weighted by molar-refractivity contribution is 7.14. The van der Waals surface area contributed by atoms with Gasteiger partial charge in [0.05, 0.1) is 18.7 Å². The highest BCUT2D eigenvalue weighted by Gasteiger charge is 2.10. The van der Waals surface area contributed by atoms with Crippen LogP contribution in [-0.4, -0.2) is 22.5 Å². The van der Waals surface area contributed by atoms with Crippen molar-refractivity contribution in [2.45, 2.75) is 20.3 Å². The second kappa shape index (κ2) is 7.90. The Morgan fingerprint density at radius 1 is 1.28 bits per heavy atom. The second-order valence-electron chi connectivity index (χ2n) is 5.57. The summed E-state index contributed by atoms with van der Waals surface area (Å²) in [5.74, 6) is 0.495. The first-order chi connectivity index (χ1) is 12.1. The number of pyridine rings is 1. The number of aryl methyl sites for hydroxylation is 1. The number of ether oxygens (including phenoxy) is 1. The quantitative estimate of drug-likeness (QED) is 0.725. The topological polar surface area (TPSA) is 64.1 Å². The van der Waals surface area contributed by atoms with Gasteiger partial charge in [0.1, 0.15) is 0 Å². The fourth-order valence-corrected chi connectivity index (χ4v) is 3.17. The van der Waals surface area contributed by atoms with E-state index < -0.39 is 0 Å². The maximum absolute atomic E-state index is 12.2. The van der Waals surface area contributed by atoms with Crippen molar-refractivity contribution >= 4 is 22.4 Å². The Balaban J connectivity index is 1.67. The van der Waals surface area contributed by atoms with E-state index in [4.69, 9.17) is 4.74 Å². The number of carbonyl (C=O) groups is 1. The molecule has 0 aliphatic rings. The molecule has 6 heteroatoms. The Morgan fingerprint density at radius 2 is 2.16 bits per heavy atom. The highest BCUT2D eigenvalue weighted by Crippen LogP contribution is 2.26. The summed E-state index contributed by atoms with van der Waals surface area (Å²) in [7, 11) is 0. The molecule has 25 heavy (non-hydrogen) atoms. The van der Waals surface area contributed by atoms with Gasteiger partial charge in [0, 0.05) is 23.2 Å². The molecule has 1 N–H and O–H groups in total. The van der Waals surface area contributed by atoms with Crippen LogP contribution in [0.5, 0.6) is 5.88 Å². The van der Waals surface area contributed by atoms with E-state index in [-0.39, 0.29) is 5.91 Å². The van der Waals surface area contributed by atoms with E-state index in [0.717, 1.165) is 22.4 Å². The van der Waals surface area contributed by atoms with Gasteiger partial charge in [-0.05, 0) is 25.5 Å². The van der Waals surface area contributed by atoms with Crippen LogP contribution in [0.15, 0.2) is 48.0 Å². The average Bonchev–Trinajstić information content (AvgIpc) is 3.04. The maximum atomic E-state index is 12.2. The summed E-state index contributed by atoms with van der Waals surface area (Å²) in [5.41, 5.74) is 3.84. The zero-order valence-electron chi connectivity index (χ0n) is 14.2. The number of amides is 1. The molecule has 5 nitrogen and oxygen atoms in total. The van der Waals surface area contributed by atoms with Crippen LogP contribution in [-0.2, 0) is 11.2 Å². The lowest BCUT2D eigenvalue weighted by Crippen LogP contribution is -2.14. The van der Waals surface area contributed by atoms with E-state index in [1.165, 1.54) is 11.3 Å². The van der Waals surface area contributed by atoms with Crippen LogP contribution in [0.1, 0.15) is 18.1 Å². The zero-order chi connectivity index (χ0) is 17.6. The average molecular weight is 353 g/mol. The number of rotatable bonds is 6. The molecule has 0 unspecified atom stereocenters. The molecule has 0 saturated heterocycles. The number of carbonyl (C=O) groups excluding carboxylic acids is 1. The smallest absolute Gasteiger partial charge is 0.230 e. The fourth-order valence-electron chi connectivity index (χ4n) is 2.43. The number of anilines is 1. The van der Waals surface area contributed by atoms with E-state index in [2.05, 4.69) is 15.3 Å². The number of nitrogens with zero attached hydrogens (tertiary/aromatic N) is 2. The number of nitrogens with one attached hydrogen (secondary N) is 1. The summed E-state index contributed by atoms with van der Waals surface area (Å²) in [6, 6.07) is 11.6. The van der Waals surface area contributed by atoms with Crippen LogP contribution in [0, 0.1) is 6.92 Å². The summed E-state index contributed by atoms with van der Waals surface area (Å²) in [6.07, 6.45) is 2.02. The van der Waals surface area contributed by atoms with Crippen LogP contribution in [0.4, 0.5) is 5.13 Å². The molecule has 0 spiro atoms. The SMILES string of the molecule is CCOc1cc(-c2csc(NC(=O)Cc3cccc(C)c3)n2)ccn1. The molecule has 3 aromatic rings. The van der Waals surface area contributed by atoms with Gasteiger partial charge in [0.15, 0.2) is 5.13 Å². The summed E-state index contributed by atoms with van der Waals surface area (Å²) < 4.78 is 5.41. The molecule has 1 aromatic carbocycles. The minimum absolute atomic E-state index is 0.0729. The van der Waals surface area contributed by atoms with Crippen molar-refractivity contribution in [3.63, 3.8) is 0 Å². The molecule has 0 atom stereocenters. The normalized spacial score (nSPS) is 10.5. The van der Waals surface area contributed by atoms with E-state index in [9.17, 15) is 4.79 Å². The molecule has 0 aliphatic carbocycles.